The molecular formula is C19H27N3O4. The van der Waals surface area contributed by atoms with Gasteiger partial charge in [0.15, 0.2) is 0 Å². The van der Waals surface area contributed by atoms with Crippen LogP contribution in [0.1, 0.15) is 25.3 Å². The fraction of sp³-hybridized carbons (Fsp3) is 0.579. The van der Waals surface area contributed by atoms with E-state index in [0.29, 0.717) is 26.0 Å². The van der Waals surface area contributed by atoms with E-state index in [4.69, 9.17) is 9.84 Å². The molecule has 2 aliphatic rings. The number of benzene rings is 1. The lowest BCUT2D eigenvalue weighted by atomic mass is 9.85. The zero-order valence-corrected chi connectivity index (χ0v) is 15.5. The summed E-state index contributed by atoms with van der Waals surface area (Å²) in [5.41, 5.74) is 0.523. The van der Waals surface area contributed by atoms with E-state index in [1.165, 1.54) is 10.5 Å². The Hall–Kier alpha value is -2.12. The summed E-state index contributed by atoms with van der Waals surface area (Å²) in [6.45, 7) is 5.16. The van der Waals surface area contributed by atoms with Crippen molar-refractivity contribution in [2.75, 3.05) is 39.9 Å². The minimum atomic E-state index is -0.654. The molecule has 142 valence electrons. The van der Waals surface area contributed by atoms with E-state index >= 15 is 0 Å². The summed E-state index contributed by atoms with van der Waals surface area (Å²) in [5.74, 6) is 0.687. The van der Waals surface area contributed by atoms with Crippen molar-refractivity contribution in [2.24, 2.45) is 0 Å². The fourth-order valence-corrected chi connectivity index (χ4v) is 3.99. The van der Waals surface area contributed by atoms with E-state index in [-0.39, 0.29) is 18.5 Å². The van der Waals surface area contributed by atoms with E-state index in [2.05, 4.69) is 4.90 Å². The van der Waals surface area contributed by atoms with Crippen molar-refractivity contribution in [1.29, 1.82) is 0 Å². The summed E-state index contributed by atoms with van der Waals surface area (Å²) in [4.78, 5) is 30.3. The Morgan fingerprint density at radius 1 is 1.15 bits per heavy atom. The molecule has 7 nitrogen and oxygen atoms in total. The predicted octanol–water partition coefficient (Wildman–Crippen LogP) is 1.31. The van der Waals surface area contributed by atoms with Crippen LogP contribution < -0.4 is 4.74 Å². The van der Waals surface area contributed by atoms with Gasteiger partial charge in [0, 0.05) is 33.2 Å². The lowest BCUT2D eigenvalue weighted by Crippen LogP contribution is -2.56. The number of piperidine rings is 1. The second-order valence-corrected chi connectivity index (χ2v) is 6.91. The van der Waals surface area contributed by atoms with Crippen LogP contribution in [0.2, 0.25) is 0 Å². The highest BCUT2D eigenvalue weighted by atomic mass is 16.5. The molecule has 3 amide bonds. The number of nitrogens with zero attached hydrogens (tertiary/aromatic N) is 3. The van der Waals surface area contributed by atoms with E-state index in [1.807, 2.05) is 31.2 Å². The zero-order valence-electron chi connectivity index (χ0n) is 15.5. The maximum absolute atomic E-state index is 12.7. The largest absolute Gasteiger partial charge is 0.491 e. The van der Waals surface area contributed by atoms with Crippen molar-refractivity contribution in [1.82, 2.24) is 14.7 Å². The van der Waals surface area contributed by atoms with Crippen LogP contribution in [0.25, 0.3) is 0 Å². The fourth-order valence-electron chi connectivity index (χ4n) is 3.99. The number of aliphatic hydroxyl groups is 1. The second kappa shape index (κ2) is 7.63. The molecule has 1 N–H and O–H groups in total. The van der Waals surface area contributed by atoms with E-state index in [1.54, 1.807) is 11.9 Å². The number of carbonyl (C=O) groups excluding carboxylic acids is 2. The van der Waals surface area contributed by atoms with Crippen molar-refractivity contribution in [3.05, 3.63) is 29.8 Å². The van der Waals surface area contributed by atoms with Crippen LogP contribution in [-0.2, 0) is 11.3 Å². The maximum atomic E-state index is 12.7. The van der Waals surface area contributed by atoms with Gasteiger partial charge >= 0.3 is 6.03 Å². The average Bonchev–Trinajstić information content (AvgIpc) is 2.84. The first-order chi connectivity index (χ1) is 12.5. The molecule has 26 heavy (non-hydrogen) atoms. The monoisotopic (exact) mass is 361 g/mol. The van der Waals surface area contributed by atoms with Crippen molar-refractivity contribution >= 4 is 11.9 Å². The highest BCUT2D eigenvalue weighted by Gasteiger charge is 2.56. The van der Waals surface area contributed by atoms with Gasteiger partial charge in [-0.2, -0.15) is 0 Å². The molecule has 2 aliphatic heterocycles. The van der Waals surface area contributed by atoms with E-state index in [9.17, 15) is 9.59 Å². The zero-order chi connectivity index (χ0) is 18.7. The number of urea groups is 1. The van der Waals surface area contributed by atoms with Crippen LogP contribution in [0.4, 0.5) is 4.79 Å². The number of ether oxygens (including phenoxy) is 1. The van der Waals surface area contributed by atoms with Gasteiger partial charge in [-0.15, -0.1) is 0 Å². The highest BCUT2D eigenvalue weighted by molar-refractivity contribution is 6.06. The van der Waals surface area contributed by atoms with Crippen molar-refractivity contribution in [3.63, 3.8) is 0 Å². The third kappa shape index (κ3) is 3.29. The third-order valence-corrected chi connectivity index (χ3v) is 5.43. The highest BCUT2D eigenvalue weighted by Crippen LogP contribution is 2.36. The van der Waals surface area contributed by atoms with Crippen LogP contribution >= 0.6 is 0 Å². The minimum absolute atomic E-state index is 0.00245. The van der Waals surface area contributed by atoms with Crippen molar-refractivity contribution < 1.29 is 19.4 Å². The number of hydrogen-bond donors (Lipinski definition) is 1. The number of imide groups is 1. The maximum Gasteiger partial charge on any atom is 0.327 e. The van der Waals surface area contributed by atoms with Gasteiger partial charge in [-0.1, -0.05) is 12.1 Å². The van der Waals surface area contributed by atoms with Crippen molar-refractivity contribution in [2.45, 2.75) is 31.8 Å². The van der Waals surface area contributed by atoms with Gasteiger partial charge < -0.3 is 14.7 Å². The molecule has 0 saturated carbocycles. The third-order valence-electron chi connectivity index (χ3n) is 5.43. The molecule has 0 aliphatic carbocycles. The topological polar surface area (TPSA) is 73.3 Å². The number of likely N-dealkylation sites (tertiary alicyclic amines) is 1. The standard InChI is InChI=1S/C19H27N3O4/c1-3-22-18(25)20(2)17(24)19(22)8-10-21(11-9-19)14-15-4-6-16(7-5-15)26-13-12-23/h4-7,23H,3,8-14H2,1-2H3. The lowest BCUT2D eigenvalue weighted by Gasteiger charge is -2.41. The van der Waals surface area contributed by atoms with Crippen LogP contribution in [0.5, 0.6) is 5.75 Å². The summed E-state index contributed by atoms with van der Waals surface area (Å²) < 4.78 is 5.38. The van der Waals surface area contributed by atoms with Crippen molar-refractivity contribution in [3.8, 4) is 5.75 Å². The Morgan fingerprint density at radius 3 is 2.38 bits per heavy atom. The SMILES string of the molecule is CCN1C(=O)N(C)C(=O)C12CCN(Cc1ccc(OCCO)cc1)CC2. The molecule has 1 spiro atoms. The summed E-state index contributed by atoms with van der Waals surface area (Å²) >= 11 is 0. The molecule has 1 aromatic rings. The van der Waals surface area contributed by atoms with E-state index in [0.717, 1.165) is 25.4 Å². The van der Waals surface area contributed by atoms with Crippen LogP contribution in [0, 0.1) is 0 Å². The van der Waals surface area contributed by atoms with Gasteiger partial charge in [0.1, 0.15) is 17.9 Å². The first-order valence-corrected chi connectivity index (χ1v) is 9.16. The molecule has 3 rings (SSSR count). The summed E-state index contributed by atoms with van der Waals surface area (Å²) in [7, 11) is 1.58. The Bertz CT molecular complexity index is 653. The molecule has 1 aromatic carbocycles. The van der Waals surface area contributed by atoms with Crippen LogP contribution in [0.3, 0.4) is 0 Å². The molecule has 7 heteroatoms. The number of carbonyl (C=O) groups is 2. The Kier molecular flexibility index (Phi) is 5.48. The summed E-state index contributed by atoms with van der Waals surface area (Å²) in [6.07, 6.45) is 1.35. The van der Waals surface area contributed by atoms with Gasteiger partial charge in [0.2, 0.25) is 0 Å². The summed E-state index contributed by atoms with van der Waals surface area (Å²) in [5, 5.41) is 8.79. The normalized spacial score (nSPS) is 20.3. The molecule has 0 unspecified atom stereocenters. The van der Waals surface area contributed by atoms with Gasteiger partial charge in [0.25, 0.3) is 5.91 Å². The molecular weight excluding hydrogens is 334 g/mol. The van der Waals surface area contributed by atoms with Gasteiger partial charge in [0.05, 0.1) is 6.61 Å². The number of hydrogen-bond acceptors (Lipinski definition) is 5. The quantitative estimate of drug-likeness (QED) is 0.774. The Morgan fingerprint density at radius 2 is 1.81 bits per heavy atom. The first kappa shape index (κ1) is 18.7. The number of rotatable bonds is 6. The van der Waals surface area contributed by atoms with Crippen LogP contribution in [0.15, 0.2) is 24.3 Å². The molecule has 2 heterocycles. The van der Waals surface area contributed by atoms with E-state index < -0.39 is 5.54 Å². The minimum Gasteiger partial charge on any atom is -0.491 e. The average molecular weight is 361 g/mol. The van der Waals surface area contributed by atoms with Gasteiger partial charge in [-0.25, -0.2) is 4.79 Å². The molecule has 0 atom stereocenters. The smallest absolute Gasteiger partial charge is 0.327 e. The first-order valence-electron chi connectivity index (χ1n) is 9.16. The number of likely N-dealkylation sites (N-methyl/N-ethyl adjacent to an activating group) is 2. The lowest BCUT2D eigenvalue weighted by molar-refractivity contribution is -0.134. The molecule has 2 fully saturated rings. The summed E-state index contributed by atoms with van der Waals surface area (Å²) in [6, 6.07) is 7.68. The van der Waals surface area contributed by atoms with Crippen LogP contribution in [-0.4, -0.2) is 77.2 Å². The van der Waals surface area contributed by atoms with Gasteiger partial charge in [-0.05, 0) is 37.5 Å². The Balaban J connectivity index is 1.60. The number of aliphatic hydroxyl groups excluding tert-OH is 1. The number of amides is 3. The molecule has 0 aromatic heterocycles. The second-order valence-electron chi connectivity index (χ2n) is 6.91. The molecule has 2 saturated heterocycles. The van der Waals surface area contributed by atoms with Gasteiger partial charge in [-0.3, -0.25) is 14.6 Å². The Labute approximate surface area is 154 Å². The predicted molar refractivity (Wildman–Crippen MR) is 96.8 cm³/mol. The molecule has 0 radical (unpaired) electrons. The molecule has 0 bridgehead atoms.